The summed E-state index contributed by atoms with van der Waals surface area (Å²) in [6, 6.07) is 1.74. The summed E-state index contributed by atoms with van der Waals surface area (Å²) in [4.78, 5) is 20.9. The van der Waals surface area contributed by atoms with E-state index in [1.165, 1.54) is 11.3 Å². The first-order valence-electron chi connectivity index (χ1n) is 4.82. The number of fused-ring (bicyclic) bond motifs is 1. The topological polar surface area (TPSA) is 78.1 Å². The number of thiophene rings is 1. The van der Waals surface area contributed by atoms with Crippen LogP contribution in [0.25, 0.3) is 10.2 Å². The van der Waals surface area contributed by atoms with Gasteiger partial charge in [0.15, 0.2) is 0 Å². The molecule has 0 aliphatic heterocycles. The molecule has 0 unspecified atom stereocenters. The molecular weight excluding hydrogens is 226 g/mol. The molecule has 0 fully saturated rings. The highest BCUT2D eigenvalue weighted by molar-refractivity contribution is 7.20. The largest absolute Gasteiger partial charge is 0.462 e. The zero-order valence-corrected chi connectivity index (χ0v) is 9.80. The first-order chi connectivity index (χ1) is 7.61. The molecule has 0 saturated carbocycles. The number of aryl methyl sites for hydroxylation is 1. The Labute approximate surface area is 96.3 Å². The number of nitrogens with two attached hydrogens (primary N) is 1. The number of esters is 1. The fourth-order valence-corrected chi connectivity index (χ4v) is 2.37. The van der Waals surface area contributed by atoms with E-state index in [1.807, 2.05) is 6.92 Å². The highest BCUT2D eigenvalue weighted by atomic mass is 32.1. The number of hydrogen-bond acceptors (Lipinski definition) is 6. The minimum absolute atomic E-state index is 0.224. The molecule has 2 aromatic heterocycles. The van der Waals surface area contributed by atoms with Gasteiger partial charge in [-0.2, -0.15) is 0 Å². The van der Waals surface area contributed by atoms with Crippen LogP contribution in [0, 0.1) is 6.92 Å². The Kier molecular flexibility index (Phi) is 2.74. The molecule has 2 heterocycles. The van der Waals surface area contributed by atoms with Gasteiger partial charge in [0.05, 0.1) is 12.3 Å². The predicted octanol–water partition coefficient (Wildman–Crippen LogP) is 1.76. The number of nitrogens with zero attached hydrogens (tertiary/aromatic N) is 2. The van der Waals surface area contributed by atoms with Crippen molar-refractivity contribution < 1.29 is 9.53 Å². The van der Waals surface area contributed by atoms with Crippen molar-refractivity contribution in [1.29, 1.82) is 0 Å². The van der Waals surface area contributed by atoms with Crippen molar-refractivity contribution in [2.24, 2.45) is 0 Å². The Bertz CT molecular complexity index is 550. The third kappa shape index (κ3) is 1.83. The van der Waals surface area contributed by atoms with Gasteiger partial charge in [0.2, 0.25) is 5.95 Å². The van der Waals surface area contributed by atoms with Crippen LogP contribution in [-0.4, -0.2) is 22.5 Å². The van der Waals surface area contributed by atoms with Gasteiger partial charge in [-0.05, 0) is 19.9 Å². The van der Waals surface area contributed by atoms with Crippen molar-refractivity contribution in [2.45, 2.75) is 13.8 Å². The van der Waals surface area contributed by atoms with Crippen LogP contribution in [-0.2, 0) is 4.74 Å². The van der Waals surface area contributed by atoms with Crippen molar-refractivity contribution in [3.05, 3.63) is 16.6 Å². The van der Waals surface area contributed by atoms with E-state index in [1.54, 1.807) is 13.0 Å². The summed E-state index contributed by atoms with van der Waals surface area (Å²) in [5, 5.41) is 0.849. The van der Waals surface area contributed by atoms with Crippen LogP contribution in [0.1, 0.15) is 22.3 Å². The number of carbonyl (C=O) groups is 1. The van der Waals surface area contributed by atoms with E-state index in [0.717, 1.165) is 11.1 Å². The van der Waals surface area contributed by atoms with Gasteiger partial charge in [-0.3, -0.25) is 0 Å². The van der Waals surface area contributed by atoms with E-state index in [9.17, 15) is 4.79 Å². The molecule has 16 heavy (non-hydrogen) atoms. The Morgan fingerprint density at radius 2 is 2.31 bits per heavy atom. The molecule has 0 aromatic carbocycles. The summed E-state index contributed by atoms with van der Waals surface area (Å²) in [7, 11) is 0. The summed E-state index contributed by atoms with van der Waals surface area (Å²) in [6.45, 7) is 3.97. The number of anilines is 1. The molecule has 2 rings (SSSR count). The van der Waals surface area contributed by atoms with E-state index >= 15 is 0 Å². The fourth-order valence-electron chi connectivity index (χ4n) is 1.39. The monoisotopic (exact) mass is 237 g/mol. The minimum Gasteiger partial charge on any atom is -0.462 e. The second-order valence-electron chi connectivity index (χ2n) is 3.22. The first-order valence-corrected chi connectivity index (χ1v) is 5.64. The predicted molar refractivity (Wildman–Crippen MR) is 62.5 cm³/mol. The molecule has 0 spiro atoms. The van der Waals surface area contributed by atoms with E-state index < -0.39 is 0 Å². The first kappa shape index (κ1) is 10.8. The van der Waals surface area contributed by atoms with E-state index in [2.05, 4.69) is 9.97 Å². The maximum absolute atomic E-state index is 11.5. The fraction of sp³-hybridized carbons (Fsp3) is 0.300. The van der Waals surface area contributed by atoms with Gasteiger partial charge in [-0.1, -0.05) is 0 Å². The molecule has 0 aliphatic rings. The lowest BCUT2D eigenvalue weighted by molar-refractivity contribution is 0.0532. The second kappa shape index (κ2) is 4.05. The van der Waals surface area contributed by atoms with Gasteiger partial charge in [-0.25, -0.2) is 14.8 Å². The number of hydrogen-bond donors (Lipinski definition) is 1. The standard InChI is InChI=1S/C10H11N3O2S/c1-3-15-9(14)7-4-6-5(2)12-10(11)13-8(6)16-7/h4H,3H2,1-2H3,(H2,11,12,13). The van der Waals surface area contributed by atoms with Gasteiger partial charge in [-0.15, -0.1) is 11.3 Å². The molecule has 0 saturated heterocycles. The van der Waals surface area contributed by atoms with E-state index in [4.69, 9.17) is 10.5 Å². The lowest BCUT2D eigenvalue weighted by Gasteiger charge is -1.95. The quantitative estimate of drug-likeness (QED) is 0.805. The molecule has 0 bridgehead atoms. The lowest BCUT2D eigenvalue weighted by atomic mass is 10.3. The van der Waals surface area contributed by atoms with Gasteiger partial charge in [0, 0.05) is 5.39 Å². The number of carbonyl (C=O) groups excluding carboxylic acids is 1. The molecule has 2 N–H and O–H groups in total. The minimum atomic E-state index is -0.330. The van der Waals surface area contributed by atoms with Crippen LogP contribution in [0.15, 0.2) is 6.07 Å². The Hall–Kier alpha value is -1.69. The van der Waals surface area contributed by atoms with Crippen molar-refractivity contribution in [1.82, 2.24) is 9.97 Å². The highest BCUT2D eigenvalue weighted by Crippen LogP contribution is 2.26. The Morgan fingerprint density at radius 1 is 1.56 bits per heavy atom. The zero-order valence-electron chi connectivity index (χ0n) is 8.98. The normalized spacial score (nSPS) is 10.6. The van der Waals surface area contributed by atoms with Crippen LogP contribution in [0.4, 0.5) is 5.95 Å². The molecule has 84 valence electrons. The number of rotatable bonds is 2. The van der Waals surface area contributed by atoms with Crippen LogP contribution in [0.5, 0.6) is 0 Å². The van der Waals surface area contributed by atoms with Gasteiger partial charge < -0.3 is 10.5 Å². The third-order valence-electron chi connectivity index (χ3n) is 2.08. The number of ether oxygens (including phenoxy) is 1. The van der Waals surface area contributed by atoms with Gasteiger partial charge in [0.25, 0.3) is 0 Å². The van der Waals surface area contributed by atoms with Crippen molar-refractivity contribution in [3.8, 4) is 0 Å². The summed E-state index contributed by atoms with van der Waals surface area (Å²) in [5.74, 6) is -0.106. The van der Waals surface area contributed by atoms with Crippen LogP contribution in [0.2, 0.25) is 0 Å². The smallest absolute Gasteiger partial charge is 0.348 e. The molecule has 0 amide bonds. The van der Waals surface area contributed by atoms with Crippen molar-refractivity contribution in [3.63, 3.8) is 0 Å². The van der Waals surface area contributed by atoms with E-state index in [0.29, 0.717) is 16.3 Å². The molecule has 6 heteroatoms. The van der Waals surface area contributed by atoms with Crippen LogP contribution in [0.3, 0.4) is 0 Å². The highest BCUT2D eigenvalue weighted by Gasteiger charge is 2.14. The van der Waals surface area contributed by atoms with Gasteiger partial charge in [0.1, 0.15) is 9.71 Å². The Morgan fingerprint density at radius 3 is 3.00 bits per heavy atom. The maximum Gasteiger partial charge on any atom is 0.348 e. The summed E-state index contributed by atoms with van der Waals surface area (Å²) < 4.78 is 4.92. The summed E-state index contributed by atoms with van der Waals surface area (Å²) >= 11 is 1.27. The molecule has 0 atom stereocenters. The average molecular weight is 237 g/mol. The lowest BCUT2D eigenvalue weighted by Crippen LogP contribution is -2.01. The molecule has 2 aromatic rings. The maximum atomic E-state index is 11.5. The second-order valence-corrected chi connectivity index (χ2v) is 4.25. The van der Waals surface area contributed by atoms with Gasteiger partial charge >= 0.3 is 5.97 Å². The molecular formula is C10H11N3O2S. The van der Waals surface area contributed by atoms with Crippen LogP contribution < -0.4 is 5.73 Å². The number of aromatic nitrogens is 2. The molecule has 5 nitrogen and oxygen atoms in total. The molecule has 0 radical (unpaired) electrons. The SMILES string of the molecule is CCOC(=O)c1cc2c(C)nc(N)nc2s1. The van der Waals surface area contributed by atoms with E-state index in [-0.39, 0.29) is 11.9 Å². The van der Waals surface area contributed by atoms with Crippen molar-refractivity contribution in [2.75, 3.05) is 12.3 Å². The average Bonchev–Trinajstić information content (AvgIpc) is 2.62. The summed E-state index contributed by atoms with van der Waals surface area (Å²) in [6.07, 6.45) is 0. The van der Waals surface area contributed by atoms with Crippen LogP contribution >= 0.6 is 11.3 Å². The Balaban J connectivity index is 2.51. The third-order valence-corrected chi connectivity index (χ3v) is 3.09. The summed E-state index contributed by atoms with van der Waals surface area (Å²) in [5.41, 5.74) is 6.31. The molecule has 0 aliphatic carbocycles. The van der Waals surface area contributed by atoms with Crippen molar-refractivity contribution >= 4 is 33.5 Å². The zero-order chi connectivity index (χ0) is 11.7. The number of nitrogen functional groups attached to an aromatic ring is 1.